The molecule has 1 aliphatic carbocycles. The van der Waals surface area contributed by atoms with Crippen molar-refractivity contribution in [2.75, 3.05) is 4.90 Å². The van der Waals surface area contributed by atoms with Gasteiger partial charge in [0, 0.05) is 20.5 Å². The molecule has 1 nitrogen and oxygen atoms in total. The molecule has 22 heavy (non-hydrogen) atoms. The van der Waals surface area contributed by atoms with Crippen LogP contribution in [0.5, 0.6) is 0 Å². The summed E-state index contributed by atoms with van der Waals surface area (Å²) in [6, 6.07) is 17.3. The number of halogens is 1. The van der Waals surface area contributed by atoms with E-state index >= 15 is 0 Å². The van der Waals surface area contributed by atoms with Crippen LogP contribution in [0.3, 0.4) is 0 Å². The molecule has 2 aromatic rings. The fourth-order valence-corrected chi connectivity index (χ4v) is 4.25. The summed E-state index contributed by atoms with van der Waals surface area (Å²) in [4.78, 5) is 5.05. The highest BCUT2D eigenvalue weighted by atomic mass is 35.5. The largest absolute Gasteiger partial charge is 0.309 e. The molecule has 0 amide bonds. The van der Waals surface area contributed by atoms with Crippen LogP contribution in [0, 0.1) is 6.92 Å². The van der Waals surface area contributed by atoms with Crippen molar-refractivity contribution in [2.45, 2.75) is 24.7 Å². The Labute approximate surface area is 140 Å². The fourth-order valence-electron chi connectivity index (χ4n) is 2.92. The van der Waals surface area contributed by atoms with E-state index in [0.717, 1.165) is 17.9 Å². The smallest absolute Gasteiger partial charge is 0.0601 e. The summed E-state index contributed by atoms with van der Waals surface area (Å²) >= 11 is 8.21. The van der Waals surface area contributed by atoms with Crippen LogP contribution in [0.4, 0.5) is 11.4 Å². The molecule has 0 unspecified atom stereocenters. The van der Waals surface area contributed by atoms with Crippen LogP contribution < -0.4 is 4.90 Å². The molecule has 1 aliphatic heterocycles. The highest BCUT2D eigenvalue weighted by Gasteiger charge is 2.27. The maximum atomic E-state index is 6.33. The predicted molar refractivity (Wildman–Crippen MR) is 95.8 cm³/mol. The first kappa shape index (κ1) is 14.0. The summed E-state index contributed by atoms with van der Waals surface area (Å²) in [7, 11) is 0. The van der Waals surface area contributed by atoms with Crippen LogP contribution in [-0.4, -0.2) is 0 Å². The van der Waals surface area contributed by atoms with Crippen LogP contribution in [0.2, 0.25) is 0 Å². The van der Waals surface area contributed by atoms with E-state index in [1.165, 1.54) is 32.4 Å². The van der Waals surface area contributed by atoms with Gasteiger partial charge in [0.2, 0.25) is 0 Å². The predicted octanol–water partition coefficient (Wildman–Crippen LogP) is 6.37. The number of aryl methyl sites for hydroxylation is 1. The number of para-hydroxylation sites is 1. The number of anilines is 2. The Bertz CT molecular complexity index is 789. The number of benzene rings is 2. The van der Waals surface area contributed by atoms with E-state index in [9.17, 15) is 0 Å². The highest BCUT2D eigenvalue weighted by Crippen LogP contribution is 2.50. The molecule has 0 radical (unpaired) electrons. The second-order valence-electron chi connectivity index (χ2n) is 5.64. The minimum Gasteiger partial charge on any atom is -0.309 e. The lowest BCUT2D eigenvalue weighted by molar-refractivity contribution is 0.954. The second-order valence-corrected chi connectivity index (χ2v) is 7.26. The van der Waals surface area contributed by atoms with Crippen molar-refractivity contribution in [3.8, 4) is 0 Å². The van der Waals surface area contributed by atoms with Gasteiger partial charge in [0.05, 0.1) is 11.4 Å². The summed E-state index contributed by atoms with van der Waals surface area (Å²) in [5, 5.41) is 0.941. The second kappa shape index (κ2) is 5.53. The third-order valence-corrected chi connectivity index (χ3v) is 5.57. The number of nitrogens with zero attached hydrogens (tertiary/aromatic N) is 1. The Balaban J connectivity index is 1.91. The fraction of sp³-hybridized carbons (Fsp3) is 0.158. The van der Waals surface area contributed by atoms with Crippen LogP contribution in [0.15, 0.2) is 75.1 Å². The third-order valence-electron chi connectivity index (χ3n) is 4.04. The average molecular weight is 326 g/mol. The lowest BCUT2D eigenvalue weighted by Crippen LogP contribution is -2.21. The summed E-state index contributed by atoms with van der Waals surface area (Å²) in [6.07, 6.45) is 4.09. The molecule has 0 saturated carbocycles. The summed E-state index contributed by atoms with van der Waals surface area (Å²) in [5.74, 6) is 0. The molecule has 3 heteroatoms. The van der Waals surface area contributed by atoms with Crippen molar-refractivity contribution < 1.29 is 0 Å². The number of fused-ring (bicyclic) bond motifs is 1. The molecule has 110 valence electrons. The molecule has 0 aromatic heterocycles. The first-order chi connectivity index (χ1) is 10.7. The van der Waals surface area contributed by atoms with Crippen molar-refractivity contribution in [1.29, 1.82) is 0 Å². The molecule has 0 bridgehead atoms. The Morgan fingerprint density at radius 2 is 1.77 bits per heavy atom. The van der Waals surface area contributed by atoms with E-state index in [0.29, 0.717) is 0 Å². The lowest BCUT2D eigenvalue weighted by Gasteiger charge is -2.35. The van der Waals surface area contributed by atoms with E-state index < -0.39 is 0 Å². The van der Waals surface area contributed by atoms with Gasteiger partial charge in [-0.05, 0) is 50.1 Å². The van der Waals surface area contributed by atoms with Crippen LogP contribution in [0.1, 0.15) is 18.4 Å². The molecular formula is C19H16ClNS. The molecule has 0 atom stereocenters. The van der Waals surface area contributed by atoms with Crippen LogP contribution >= 0.6 is 23.4 Å². The van der Waals surface area contributed by atoms with Gasteiger partial charge in [-0.3, -0.25) is 0 Å². The van der Waals surface area contributed by atoms with Gasteiger partial charge in [-0.2, -0.15) is 0 Å². The van der Waals surface area contributed by atoms with Crippen LogP contribution in [0.25, 0.3) is 0 Å². The number of allylic oxidation sites excluding steroid dienone is 3. The first-order valence-corrected chi connectivity index (χ1v) is 8.65. The van der Waals surface area contributed by atoms with Crippen molar-refractivity contribution >= 4 is 34.7 Å². The molecule has 0 fully saturated rings. The monoisotopic (exact) mass is 325 g/mol. The minimum atomic E-state index is 0.941. The van der Waals surface area contributed by atoms with Gasteiger partial charge >= 0.3 is 0 Å². The van der Waals surface area contributed by atoms with Gasteiger partial charge in [0.15, 0.2) is 0 Å². The molecule has 0 spiro atoms. The van der Waals surface area contributed by atoms with E-state index in [2.05, 4.69) is 66.4 Å². The SMILES string of the molecule is Cc1ccc(N2C3=C(CCC(Cl)=C3)Sc3ccccc32)cc1. The average Bonchev–Trinajstić information content (AvgIpc) is 2.54. The Morgan fingerprint density at radius 1 is 1.00 bits per heavy atom. The highest BCUT2D eigenvalue weighted by molar-refractivity contribution is 8.03. The van der Waals surface area contributed by atoms with Crippen molar-refractivity contribution in [3.63, 3.8) is 0 Å². The maximum absolute atomic E-state index is 6.33. The normalized spacial score (nSPS) is 17.0. The minimum absolute atomic E-state index is 0.941. The molecule has 4 rings (SSSR count). The van der Waals surface area contributed by atoms with Gasteiger partial charge in [-0.15, -0.1) is 0 Å². The molecule has 2 aliphatic rings. The van der Waals surface area contributed by atoms with Crippen molar-refractivity contribution in [1.82, 2.24) is 0 Å². The van der Waals surface area contributed by atoms with E-state index in [-0.39, 0.29) is 0 Å². The van der Waals surface area contributed by atoms with E-state index in [1.807, 2.05) is 11.8 Å². The maximum Gasteiger partial charge on any atom is 0.0601 e. The quantitative estimate of drug-likeness (QED) is 0.599. The van der Waals surface area contributed by atoms with Gasteiger partial charge < -0.3 is 4.90 Å². The van der Waals surface area contributed by atoms with Gasteiger partial charge in [0.1, 0.15) is 0 Å². The Morgan fingerprint density at radius 3 is 2.59 bits per heavy atom. The molecular weight excluding hydrogens is 310 g/mol. The molecule has 0 N–H and O–H groups in total. The Hall–Kier alpha value is -1.64. The lowest BCUT2D eigenvalue weighted by atomic mass is 10.1. The standard InChI is InChI=1S/C19H16ClNS/c1-13-6-9-15(10-7-13)21-16-4-2-3-5-18(16)22-19-11-8-14(20)12-17(19)21/h2-7,9-10,12H,8,11H2,1H3. The third kappa shape index (κ3) is 2.37. The number of thioether (sulfide) groups is 1. The van der Waals surface area contributed by atoms with Gasteiger partial charge in [-0.1, -0.05) is 53.2 Å². The number of rotatable bonds is 1. The summed E-state index contributed by atoms with van der Waals surface area (Å²) < 4.78 is 0. The summed E-state index contributed by atoms with van der Waals surface area (Å²) in [6.45, 7) is 2.12. The number of hydrogen-bond donors (Lipinski definition) is 0. The zero-order valence-electron chi connectivity index (χ0n) is 12.3. The first-order valence-electron chi connectivity index (χ1n) is 7.45. The van der Waals surface area contributed by atoms with E-state index in [1.54, 1.807) is 0 Å². The molecule has 2 aromatic carbocycles. The Kier molecular flexibility index (Phi) is 3.51. The van der Waals surface area contributed by atoms with Crippen LogP contribution in [-0.2, 0) is 0 Å². The van der Waals surface area contributed by atoms with E-state index in [4.69, 9.17) is 11.6 Å². The molecule has 0 saturated heterocycles. The zero-order chi connectivity index (χ0) is 15.1. The molecule has 1 heterocycles. The summed E-state index contributed by atoms with van der Waals surface area (Å²) in [5.41, 5.74) is 4.92. The van der Waals surface area contributed by atoms with Gasteiger partial charge in [0.25, 0.3) is 0 Å². The zero-order valence-corrected chi connectivity index (χ0v) is 13.9. The topological polar surface area (TPSA) is 3.24 Å². The van der Waals surface area contributed by atoms with Crippen molar-refractivity contribution in [3.05, 3.63) is 75.8 Å². The number of hydrogen-bond acceptors (Lipinski definition) is 2. The van der Waals surface area contributed by atoms with Gasteiger partial charge in [-0.25, -0.2) is 0 Å². The van der Waals surface area contributed by atoms with Crippen molar-refractivity contribution in [2.24, 2.45) is 0 Å².